The van der Waals surface area contributed by atoms with E-state index < -0.39 is 5.54 Å². The van der Waals surface area contributed by atoms with E-state index in [9.17, 15) is 4.79 Å². The molecule has 1 aromatic heterocycles. The smallest absolute Gasteiger partial charge is 0.165 e. The summed E-state index contributed by atoms with van der Waals surface area (Å²) >= 11 is 0. The summed E-state index contributed by atoms with van der Waals surface area (Å²) < 4.78 is 0. The summed E-state index contributed by atoms with van der Waals surface area (Å²) in [5, 5.41) is 3.55. The average Bonchev–Trinajstić information content (AvgIpc) is 2.68. The van der Waals surface area contributed by atoms with Crippen molar-refractivity contribution >= 4 is 5.78 Å². The lowest BCUT2D eigenvalue weighted by Crippen LogP contribution is -2.41. The van der Waals surface area contributed by atoms with Gasteiger partial charge in [0.1, 0.15) is 0 Å². The Morgan fingerprint density at radius 3 is 2.20 bits per heavy atom. The third kappa shape index (κ3) is 4.40. The molecule has 3 heteroatoms. The molecule has 0 bridgehead atoms. The normalized spacial score (nSPS) is 13.2. The van der Waals surface area contributed by atoms with Crippen molar-refractivity contribution in [1.82, 2.24) is 10.3 Å². The SMILES string of the molecule is CC(CC(=O)c1ccccc1)(NCc1ccccn1)c1ccccc1. The van der Waals surface area contributed by atoms with Gasteiger partial charge in [0.2, 0.25) is 0 Å². The second kappa shape index (κ2) is 7.86. The highest BCUT2D eigenvalue weighted by Gasteiger charge is 2.29. The molecule has 1 atom stereocenters. The molecule has 0 aliphatic heterocycles. The third-order valence-electron chi connectivity index (χ3n) is 4.41. The molecule has 0 aliphatic rings. The first kappa shape index (κ1) is 17.1. The summed E-state index contributed by atoms with van der Waals surface area (Å²) in [6, 6.07) is 25.4. The fraction of sp³-hybridized carbons (Fsp3) is 0.182. The number of nitrogens with one attached hydrogen (secondary N) is 1. The highest BCUT2D eigenvalue weighted by Crippen LogP contribution is 2.27. The van der Waals surface area contributed by atoms with Crippen molar-refractivity contribution in [2.75, 3.05) is 0 Å². The molecule has 2 aromatic carbocycles. The maximum absolute atomic E-state index is 12.8. The van der Waals surface area contributed by atoms with Gasteiger partial charge in [-0.1, -0.05) is 66.7 Å². The average molecular weight is 330 g/mol. The number of carbonyl (C=O) groups excluding carboxylic acids is 1. The van der Waals surface area contributed by atoms with Crippen LogP contribution < -0.4 is 5.32 Å². The lowest BCUT2D eigenvalue weighted by molar-refractivity contribution is 0.0940. The molecule has 3 nitrogen and oxygen atoms in total. The molecule has 0 radical (unpaired) electrons. The highest BCUT2D eigenvalue weighted by molar-refractivity contribution is 5.96. The van der Waals surface area contributed by atoms with E-state index >= 15 is 0 Å². The zero-order valence-electron chi connectivity index (χ0n) is 14.4. The van der Waals surface area contributed by atoms with E-state index in [4.69, 9.17) is 0 Å². The molecule has 0 spiro atoms. The van der Waals surface area contributed by atoms with E-state index in [2.05, 4.69) is 29.4 Å². The van der Waals surface area contributed by atoms with Crippen molar-refractivity contribution in [2.24, 2.45) is 0 Å². The van der Waals surface area contributed by atoms with Crippen LogP contribution in [0.2, 0.25) is 0 Å². The van der Waals surface area contributed by atoms with Crippen LogP contribution >= 0.6 is 0 Å². The van der Waals surface area contributed by atoms with Gasteiger partial charge in [0.15, 0.2) is 5.78 Å². The van der Waals surface area contributed by atoms with Crippen molar-refractivity contribution in [2.45, 2.75) is 25.4 Å². The van der Waals surface area contributed by atoms with E-state index in [1.54, 1.807) is 6.20 Å². The lowest BCUT2D eigenvalue weighted by atomic mass is 9.85. The predicted octanol–water partition coefficient (Wildman–Crippen LogP) is 4.36. The minimum absolute atomic E-state index is 0.125. The third-order valence-corrected chi connectivity index (χ3v) is 4.41. The van der Waals surface area contributed by atoms with E-state index in [-0.39, 0.29) is 5.78 Å². The van der Waals surface area contributed by atoms with Crippen LogP contribution in [-0.4, -0.2) is 10.8 Å². The molecule has 1 unspecified atom stereocenters. The molecule has 0 saturated heterocycles. The Morgan fingerprint density at radius 1 is 0.920 bits per heavy atom. The van der Waals surface area contributed by atoms with Crippen LogP contribution in [-0.2, 0) is 12.1 Å². The van der Waals surface area contributed by atoms with Crippen molar-refractivity contribution < 1.29 is 4.79 Å². The molecule has 0 amide bonds. The van der Waals surface area contributed by atoms with Crippen LogP contribution in [0.15, 0.2) is 85.1 Å². The van der Waals surface area contributed by atoms with Gasteiger partial charge in [-0.3, -0.25) is 9.78 Å². The van der Waals surface area contributed by atoms with Gasteiger partial charge in [0.05, 0.1) is 5.69 Å². The minimum atomic E-state index is -0.467. The summed E-state index contributed by atoms with van der Waals surface area (Å²) in [7, 11) is 0. The van der Waals surface area contributed by atoms with Gasteiger partial charge >= 0.3 is 0 Å². The van der Waals surface area contributed by atoms with Gasteiger partial charge in [0.25, 0.3) is 0 Å². The van der Waals surface area contributed by atoms with Gasteiger partial charge in [-0.25, -0.2) is 0 Å². The van der Waals surface area contributed by atoms with Gasteiger partial charge < -0.3 is 5.32 Å². The molecule has 0 saturated carbocycles. The molecule has 25 heavy (non-hydrogen) atoms. The van der Waals surface area contributed by atoms with E-state index in [0.717, 1.165) is 16.8 Å². The Balaban J connectivity index is 1.83. The van der Waals surface area contributed by atoms with E-state index in [1.165, 1.54) is 0 Å². The number of pyridine rings is 1. The maximum Gasteiger partial charge on any atom is 0.165 e. The monoisotopic (exact) mass is 330 g/mol. The summed E-state index contributed by atoms with van der Waals surface area (Å²) in [6.45, 7) is 2.68. The topological polar surface area (TPSA) is 42.0 Å². The van der Waals surface area contributed by atoms with E-state index in [0.29, 0.717) is 13.0 Å². The molecule has 1 heterocycles. The van der Waals surface area contributed by atoms with Gasteiger partial charge in [-0.2, -0.15) is 0 Å². The molecule has 1 N–H and O–H groups in total. The second-order valence-electron chi connectivity index (χ2n) is 6.34. The molecule has 0 fully saturated rings. The first-order valence-corrected chi connectivity index (χ1v) is 8.46. The number of rotatable bonds is 7. The van der Waals surface area contributed by atoms with Gasteiger partial charge in [-0.15, -0.1) is 0 Å². The fourth-order valence-electron chi connectivity index (χ4n) is 2.91. The van der Waals surface area contributed by atoms with Crippen molar-refractivity contribution in [3.05, 3.63) is 102 Å². The molecule has 126 valence electrons. The van der Waals surface area contributed by atoms with Crippen molar-refractivity contribution in [3.63, 3.8) is 0 Å². The Morgan fingerprint density at radius 2 is 1.56 bits per heavy atom. The van der Waals surface area contributed by atoms with Crippen LogP contribution in [0.25, 0.3) is 0 Å². The quantitative estimate of drug-likeness (QED) is 0.655. The van der Waals surface area contributed by atoms with Crippen molar-refractivity contribution in [3.8, 4) is 0 Å². The number of nitrogens with zero attached hydrogens (tertiary/aromatic N) is 1. The van der Waals surface area contributed by atoms with Crippen LogP contribution in [0.5, 0.6) is 0 Å². The number of ketones is 1. The minimum Gasteiger partial charge on any atom is -0.302 e. The number of aromatic nitrogens is 1. The predicted molar refractivity (Wildman–Crippen MR) is 100 cm³/mol. The Kier molecular flexibility index (Phi) is 5.36. The number of hydrogen-bond acceptors (Lipinski definition) is 3. The molecule has 3 aromatic rings. The van der Waals surface area contributed by atoms with E-state index in [1.807, 2.05) is 66.7 Å². The lowest BCUT2D eigenvalue weighted by Gasteiger charge is -2.31. The van der Waals surface area contributed by atoms with Gasteiger partial charge in [0, 0.05) is 30.3 Å². The van der Waals surface area contributed by atoms with Crippen LogP contribution in [0.3, 0.4) is 0 Å². The maximum atomic E-state index is 12.8. The molecular formula is C22H22N2O. The first-order valence-electron chi connectivity index (χ1n) is 8.46. The summed E-state index contributed by atoms with van der Waals surface area (Å²) in [5.41, 5.74) is 2.32. The Hall–Kier alpha value is -2.78. The van der Waals surface area contributed by atoms with Crippen LogP contribution in [0.4, 0.5) is 0 Å². The van der Waals surface area contributed by atoms with Crippen molar-refractivity contribution in [1.29, 1.82) is 0 Å². The van der Waals surface area contributed by atoms with Crippen LogP contribution in [0, 0.1) is 0 Å². The summed E-state index contributed by atoms with van der Waals surface area (Å²) in [4.78, 5) is 17.2. The Labute approximate surface area is 148 Å². The summed E-state index contributed by atoms with van der Waals surface area (Å²) in [6.07, 6.45) is 2.17. The first-order chi connectivity index (χ1) is 12.2. The summed E-state index contributed by atoms with van der Waals surface area (Å²) in [5.74, 6) is 0.125. The fourth-order valence-corrected chi connectivity index (χ4v) is 2.91. The second-order valence-corrected chi connectivity index (χ2v) is 6.34. The standard InChI is InChI=1S/C22H22N2O/c1-22(19-12-6-3-7-13-19,24-17-20-14-8-9-15-23-20)16-21(25)18-10-4-2-5-11-18/h2-15,24H,16-17H2,1H3. The largest absolute Gasteiger partial charge is 0.302 e. The highest BCUT2D eigenvalue weighted by atomic mass is 16.1. The zero-order valence-corrected chi connectivity index (χ0v) is 14.4. The molecule has 3 rings (SSSR count). The molecule has 0 aliphatic carbocycles. The Bertz CT molecular complexity index is 803. The van der Waals surface area contributed by atoms with Gasteiger partial charge in [-0.05, 0) is 24.6 Å². The number of carbonyl (C=O) groups is 1. The number of hydrogen-bond donors (Lipinski definition) is 1. The molecular weight excluding hydrogens is 308 g/mol. The number of benzene rings is 2. The number of Topliss-reactive ketones (excluding diaryl/α,β-unsaturated/α-hetero) is 1. The van der Waals surface area contributed by atoms with Crippen LogP contribution in [0.1, 0.15) is 35.0 Å². The zero-order chi connectivity index (χ0) is 17.5.